The van der Waals surface area contributed by atoms with E-state index in [9.17, 15) is 35.9 Å². The fourth-order valence-electron chi connectivity index (χ4n) is 3.81. The zero-order valence-corrected chi connectivity index (χ0v) is 21.7. The zero-order valence-electron chi connectivity index (χ0n) is 21.7. The fraction of sp³-hybridized carbons (Fsp3) is 0.917. The molecule has 1 unspecified atom stereocenters. The van der Waals surface area contributed by atoms with Gasteiger partial charge in [-0.1, -0.05) is 61.8 Å². The molecule has 34 heavy (non-hydrogen) atoms. The molecule has 0 aliphatic heterocycles. The quantitative estimate of drug-likeness (QED) is 0.200. The minimum atomic E-state index is -5.82. The van der Waals surface area contributed by atoms with E-state index in [0.717, 1.165) is 6.42 Å². The van der Waals surface area contributed by atoms with Gasteiger partial charge in [-0.05, 0) is 43.4 Å². The van der Waals surface area contributed by atoms with Gasteiger partial charge in [-0.15, -0.1) is 0 Å². The number of esters is 2. The summed E-state index contributed by atoms with van der Waals surface area (Å²) in [5.41, 5.74) is -3.41. The monoisotopic (exact) mass is 506 g/mol. The summed E-state index contributed by atoms with van der Waals surface area (Å²) in [6, 6.07) is 0. The molecule has 0 aliphatic rings. The SMILES string of the molecule is CCC(C)(C)CC(C)(C(=O)OC(CC)(CC)CC(=O)OC(C(F)(F)F)C(F)(F)F)C(C)(C)CC. The van der Waals surface area contributed by atoms with E-state index >= 15 is 0 Å². The lowest BCUT2D eigenvalue weighted by atomic mass is 9.58. The molecule has 0 saturated heterocycles. The van der Waals surface area contributed by atoms with E-state index in [1.807, 2.05) is 41.5 Å². The summed E-state index contributed by atoms with van der Waals surface area (Å²) >= 11 is 0. The van der Waals surface area contributed by atoms with Crippen molar-refractivity contribution in [2.24, 2.45) is 16.2 Å². The van der Waals surface area contributed by atoms with Crippen LogP contribution in [-0.4, -0.2) is 36.0 Å². The molecule has 1 atom stereocenters. The van der Waals surface area contributed by atoms with Gasteiger partial charge < -0.3 is 9.47 Å². The van der Waals surface area contributed by atoms with E-state index in [1.54, 1.807) is 20.8 Å². The van der Waals surface area contributed by atoms with Crippen molar-refractivity contribution in [3.63, 3.8) is 0 Å². The van der Waals surface area contributed by atoms with Crippen LogP contribution in [0.1, 0.15) is 101 Å². The summed E-state index contributed by atoms with van der Waals surface area (Å²) in [7, 11) is 0. The maximum absolute atomic E-state index is 13.6. The Labute approximate surface area is 199 Å². The lowest BCUT2D eigenvalue weighted by Gasteiger charge is -2.47. The third-order valence-electron chi connectivity index (χ3n) is 7.53. The highest BCUT2D eigenvalue weighted by Gasteiger charge is 2.60. The number of hydrogen-bond acceptors (Lipinski definition) is 4. The number of carbonyl (C=O) groups is 2. The minimum Gasteiger partial charge on any atom is -0.458 e. The molecule has 0 fully saturated rings. The summed E-state index contributed by atoms with van der Waals surface area (Å²) in [6.45, 7) is 16.6. The number of rotatable bonds is 12. The van der Waals surface area contributed by atoms with Crippen LogP contribution >= 0.6 is 0 Å². The van der Waals surface area contributed by atoms with Gasteiger partial charge in [0.25, 0.3) is 6.10 Å². The van der Waals surface area contributed by atoms with Crippen LogP contribution in [0.4, 0.5) is 26.3 Å². The summed E-state index contributed by atoms with van der Waals surface area (Å²) in [5, 5.41) is 0. The van der Waals surface area contributed by atoms with Gasteiger partial charge in [0, 0.05) is 0 Å². The van der Waals surface area contributed by atoms with Gasteiger partial charge in [0.15, 0.2) is 0 Å². The van der Waals surface area contributed by atoms with Gasteiger partial charge in [-0.3, -0.25) is 9.59 Å². The van der Waals surface area contributed by atoms with E-state index in [1.165, 1.54) is 0 Å². The molecule has 0 bridgehead atoms. The van der Waals surface area contributed by atoms with E-state index in [4.69, 9.17) is 4.74 Å². The molecule has 4 nitrogen and oxygen atoms in total. The molecule has 0 aromatic carbocycles. The maximum atomic E-state index is 13.6. The Balaban J connectivity index is 6.06. The Morgan fingerprint density at radius 3 is 1.50 bits per heavy atom. The van der Waals surface area contributed by atoms with Crippen molar-refractivity contribution >= 4 is 11.9 Å². The lowest BCUT2D eigenvalue weighted by Crippen LogP contribution is -2.50. The summed E-state index contributed by atoms with van der Waals surface area (Å²) in [4.78, 5) is 25.8. The van der Waals surface area contributed by atoms with Crippen molar-refractivity contribution in [1.29, 1.82) is 0 Å². The third kappa shape index (κ3) is 8.04. The van der Waals surface area contributed by atoms with Crippen LogP contribution in [0.3, 0.4) is 0 Å². The first-order valence-electron chi connectivity index (χ1n) is 11.6. The van der Waals surface area contributed by atoms with Crippen molar-refractivity contribution in [1.82, 2.24) is 0 Å². The molecule has 0 aromatic heterocycles. The molecule has 0 N–H and O–H groups in total. The van der Waals surface area contributed by atoms with Gasteiger partial charge in [0.1, 0.15) is 5.60 Å². The highest BCUT2D eigenvalue weighted by molar-refractivity contribution is 5.79. The average Bonchev–Trinajstić information content (AvgIpc) is 2.69. The van der Waals surface area contributed by atoms with Crippen LogP contribution in [0.15, 0.2) is 0 Å². The highest BCUT2D eigenvalue weighted by Crippen LogP contribution is 2.51. The van der Waals surface area contributed by atoms with E-state index < -0.39 is 53.2 Å². The van der Waals surface area contributed by atoms with Crippen LogP contribution in [-0.2, 0) is 19.1 Å². The molecular formula is C24H40F6O4. The molecule has 10 heteroatoms. The van der Waals surface area contributed by atoms with Crippen molar-refractivity contribution in [2.45, 2.75) is 125 Å². The van der Waals surface area contributed by atoms with Crippen molar-refractivity contribution in [3.8, 4) is 0 Å². The molecule has 0 saturated carbocycles. The van der Waals surface area contributed by atoms with Crippen molar-refractivity contribution in [3.05, 3.63) is 0 Å². The number of carbonyl (C=O) groups excluding carboxylic acids is 2. The second-order valence-electron chi connectivity index (χ2n) is 10.7. The first-order valence-corrected chi connectivity index (χ1v) is 11.6. The van der Waals surface area contributed by atoms with Crippen molar-refractivity contribution < 1.29 is 45.4 Å². The molecular weight excluding hydrogens is 466 g/mol. The predicted molar refractivity (Wildman–Crippen MR) is 117 cm³/mol. The molecule has 0 radical (unpaired) electrons. The van der Waals surface area contributed by atoms with E-state index in [-0.39, 0.29) is 18.3 Å². The van der Waals surface area contributed by atoms with Gasteiger partial charge in [0.2, 0.25) is 0 Å². The molecule has 0 aromatic rings. The fourth-order valence-corrected chi connectivity index (χ4v) is 3.81. The summed E-state index contributed by atoms with van der Waals surface area (Å²) in [6.07, 6.45) is -15.0. The van der Waals surface area contributed by atoms with Gasteiger partial charge in [-0.2, -0.15) is 26.3 Å². The maximum Gasteiger partial charge on any atom is 0.434 e. The molecule has 0 spiro atoms. The van der Waals surface area contributed by atoms with Gasteiger partial charge in [0.05, 0.1) is 11.8 Å². The molecule has 202 valence electrons. The zero-order chi connectivity index (χ0) is 27.4. The summed E-state index contributed by atoms with van der Waals surface area (Å²) in [5.74, 6) is -2.37. The van der Waals surface area contributed by atoms with Crippen molar-refractivity contribution in [2.75, 3.05) is 0 Å². The lowest BCUT2D eigenvalue weighted by molar-refractivity contribution is -0.314. The second kappa shape index (κ2) is 11.1. The number of hydrogen-bond donors (Lipinski definition) is 0. The van der Waals surface area contributed by atoms with Crippen LogP contribution < -0.4 is 0 Å². The Morgan fingerprint density at radius 1 is 0.735 bits per heavy atom. The van der Waals surface area contributed by atoms with Gasteiger partial charge >= 0.3 is 24.3 Å². The van der Waals surface area contributed by atoms with Crippen LogP contribution in [0.25, 0.3) is 0 Å². The summed E-state index contributed by atoms with van der Waals surface area (Å²) < 4.78 is 86.5. The topological polar surface area (TPSA) is 52.6 Å². The minimum absolute atomic E-state index is 0.00679. The normalized spacial score (nSPS) is 15.8. The van der Waals surface area contributed by atoms with Crippen LogP contribution in [0.2, 0.25) is 0 Å². The second-order valence-corrected chi connectivity index (χ2v) is 10.7. The van der Waals surface area contributed by atoms with E-state index in [0.29, 0.717) is 12.8 Å². The predicted octanol–water partition coefficient (Wildman–Crippen LogP) is 7.78. The smallest absolute Gasteiger partial charge is 0.434 e. The molecule has 0 aliphatic carbocycles. The third-order valence-corrected chi connectivity index (χ3v) is 7.53. The van der Waals surface area contributed by atoms with Gasteiger partial charge in [-0.25, -0.2) is 0 Å². The van der Waals surface area contributed by atoms with Crippen LogP contribution in [0, 0.1) is 16.2 Å². The number of ether oxygens (including phenoxy) is 2. The molecule has 0 rings (SSSR count). The highest BCUT2D eigenvalue weighted by atomic mass is 19.4. The standard InChI is InChI=1S/C24H40F6O4/c1-10-19(5,6)15-21(9,20(7,8)11-2)18(32)34-22(12-3,13-4)14-16(31)33-17(23(25,26)27)24(28,29)30/h17H,10-15H2,1-9H3. The average molecular weight is 507 g/mol. The first-order chi connectivity index (χ1) is 15.1. The molecule has 0 heterocycles. The Morgan fingerprint density at radius 2 is 1.18 bits per heavy atom. The molecule has 0 amide bonds. The van der Waals surface area contributed by atoms with Crippen LogP contribution in [0.5, 0.6) is 0 Å². The van der Waals surface area contributed by atoms with E-state index in [2.05, 4.69) is 4.74 Å². The Bertz CT molecular complexity index is 679. The first kappa shape index (κ1) is 32.5. The number of alkyl halides is 6. The largest absolute Gasteiger partial charge is 0.458 e. The Kier molecular flexibility index (Phi) is 10.6. The number of halogens is 6. The Hall–Kier alpha value is -1.48.